The van der Waals surface area contributed by atoms with Gasteiger partial charge >= 0.3 is 0 Å². The van der Waals surface area contributed by atoms with Gasteiger partial charge in [-0.15, -0.1) is 0 Å². The van der Waals surface area contributed by atoms with Crippen molar-refractivity contribution in [3.8, 4) is 11.5 Å². The minimum absolute atomic E-state index is 0.116. The average Bonchev–Trinajstić information content (AvgIpc) is 2.36. The highest BCUT2D eigenvalue weighted by atomic mass is 35.5. The Hall–Kier alpha value is -1.41. The van der Waals surface area contributed by atoms with Crippen LogP contribution in [0.3, 0.4) is 0 Å². The van der Waals surface area contributed by atoms with Crippen LogP contribution in [0.5, 0.6) is 11.5 Å². The Morgan fingerprint density at radius 2 is 1.94 bits per heavy atom. The topological polar surface area (TPSA) is 29.5 Å². The largest absolute Gasteiger partial charge is 0.506 e. The summed E-state index contributed by atoms with van der Waals surface area (Å²) in [4.78, 5) is 0. The Bertz CT molecular complexity index is 523. The van der Waals surface area contributed by atoms with Crippen molar-refractivity contribution in [3.05, 3.63) is 35.4 Å². The third-order valence-electron chi connectivity index (χ3n) is 2.69. The van der Waals surface area contributed by atoms with Crippen molar-refractivity contribution < 1.29 is 9.84 Å². The van der Waals surface area contributed by atoms with E-state index in [9.17, 15) is 5.11 Å². The normalized spacial score (nSPS) is 10.7. The Morgan fingerprint density at radius 3 is 2.65 bits per heavy atom. The second kappa shape index (κ2) is 5.28. The van der Waals surface area contributed by atoms with Crippen LogP contribution < -0.4 is 4.74 Å². The van der Waals surface area contributed by atoms with Crippen LogP contribution in [-0.4, -0.2) is 11.7 Å². The van der Waals surface area contributed by atoms with Gasteiger partial charge in [0.15, 0.2) is 0 Å². The van der Waals surface area contributed by atoms with Crippen molar-refractivity contribution in [2.45, 2.75) is 19.8 Å². The third kappa shape index (κ3) is 2.47. The van der Waals surface area contributed by atoms with E-state index in [0.717, 1.165) is 29.4 Å². The highest BCUT2D eigenvalue weighted by molar-refractivity contribution is 6.33. The number of ether oxygens (including phenoxy) is 1. The molecular weight excluding hydrogens is 236 g/mol. The molecule has 2 nitrogen and oxygen atoms in total. The Morgan fingerprint density at radius 1 is 1.24 bits per heavy atom. The molecule has 0 aliphatic carbocycles. The fraction of sp³-hybridized carbons (Fsp3) is 0.286. The van der Waals surface area contributed by atoms with E-state index < -0.39 is 0 Å². The summed E-state index contributed by atoms with van der Waals surface area (Å²) in [6.07, 6.45) is 2.09. The van der Waals surface area contributed by atoms with Gasteiger partial charge in [-0.2, -0.15) is 0 Å². The van der Waals surface area contributed by atoms with Crippen LogP contribution in [0.25, 0.3) is 10.8 Å². The van der Waals surface area contributed by atoms with Gasteiger partial charge in [-0.3, -0.25) is 0 Å². The smallest absolute Gasteiger partial charge is 0.142 e. The molecule has 0 saturated carbocycles. The molecule has 3 heteroatoms. The first-order valence-corrected chi connectivity index (χ1v) is 6.15. The number of phenols is 1. The molecule has 0 amide bonds. The van der Waals surface area contributed by atoms with E-state index in [1.165, 1.54) is 0 Å². The van der Waals surface area contributed by atoms with Crippen molar-refractivity contribution in [1.29, 1.82) is 0 Å². The van der Waals surface area contributed by atoms with E-state index in [-0.39, 0.29) is 5.75 Å². The predicted octanol–water partition coefficient (Wildman–Crippen LogP) is 4.38. The van der Waals surface area contributed by atoms with Crippen LogP contribution in [-0.2, 0) is 0 Å². The number of phenolic OH excluding ortho intramolecular Hbond substituents is 1. The Kier molecular flexibility index (Phi) is 3.75. The second-order valence-corrected chi connectivity index (χ2v) is 4.36. The van der Waals surface area contributed by atoms with Gasteiger partial charge in [-0.1, -0.05) is 49.2 Å². The molecule has 2 aromatic rings. The fourth-order valence-corrected chi connectivity index (χ4v) is 1.94. The lowest BCUT2D eigenvalue weighted by Gasteiger charge is -2.11. The molecule has 0 heterocycles. The van der Waals surface area contributed by atoms with Gasteiger partial charge in [0.2, 0.25) is 0 Å². The molecule has 90 valence electrons. The SMILES string of the molecule is CCCCOc1cc(Cl)c(O)c2ccccc12. The molecule has 0 aliphatic rings. The highest BCUT2D eigenvalue weighted by Gasteiger charge is 2.10. The zero-order valence-corrected chi connectivity index (χ0v) is 10.5. The highest BCUT2D eigenvalue weighted by Crippen LogP contribution is 2.38. The third-order valence-corrected chi connectivity index (χ3v) is 2.98. The molecule has 17 heavy (non-hydrogen) atoms. The van der Waals surface area contributed by atoms with Crippen LogP contribution in [0.15, 0.2) is 30.3 Å². The van der Waals surface area contributed by atoms with Gasteiger partial charge < -0.3 is 9.84 Å². The average molecular weight is 251 g/mol. The first kappa shape index (κ1) is 12.1. The molecule has 0 fully saturated rings. The number of fused-ring (bicyclic) bond motifs is 1. The molecule has 0 bridgehead atoms. The summed E-state index contributed by atoms with van der Waals surface area (Å²) in [6.45, 7) is 2.78. The summed E-state index contributed by atoms with van der Waals surface area (Å²) in [7, 11) is 0. The maximum absolute atomic E-state index is 9.87. The first-order chi connectivity index (χ1) is 8.24. The van der Waals surface area contributed by atoms with Gasteiger partial charge in [-0.05, 0) is 6.42 Å². The van der Waals surface area contributed by atoms with Gasteiger partial charge in [0.25, 0.3) is 0 Å². The number of rotatable bonds is 4. The number of hydrogen-bond acceptors (Lipinski definition) is 2. The zero-order chi connectivity index (χ0) is 12.3. The summed E-state index contributed by atoms with van der Waals surface area (Å²) in [5.74, 6) is 0.849. The van der Waals surface area contributed by atoms with E-state index in [2.05, 4.69) is 6.92 Å². The molecular formula is C14H15ClO2. The summed E-state index contributed by atoms with van der Waals surface area (Å²) in [5.41, 5.74) is 0. The van der Waals surface area contributed by atoms with Gasteiger partial charge in [-0.25, -0.2) is 0 Å². The standard InChI is InChI=1S/C14H15ClO2/c1-2-3-8-17-13-9-12(15)14(16)11-7-5-4-6-10(11)13/h4-7,9,16H,2-3,8H2,1H3. The van der Waals surface area contributed by atoms with Crippen LogP contribution in [0, 0.1) is 0 Å². The van der Waals surface area contributed by atoms with Crippen LogP contribution >= 0.6 is 11.6 Å². The maximum atomic E-state index is 9.87. The number of unbranched alkanes of at least 4 members (excludes halogenated alkanes) is 1. The first-order valence-electron chi connectivity index (χ1n) is 5.77. The maximum Gasteiger partial charge on any atom is 0.142 e. The molecule has 1 N–H and O–H groups in total. The van der Waals surface area contributed by atoms with E-state index in [1.807, 2.05) is 24.3 Å². The summed E-state index contributed by atoms with van der Waals surface area (Å²) in [5, 5.41) is 11.8. The molecule has 2 rings (SSSR count). The van der Waals surface area contributed by atoms with Gasteiger partial charge in [0.1, 0.15) is 11.5 Å². The lowest BCUT2D eigenvalue weighted by Crippen LogP contribution is -1.97. The van der Waals surface area contributed by atoms with Crippen LogP contribution in [0.4, 0.5) is 0 Å². The molecule has 2 aromatic carbocycles. The number of benzene rings is 2. The van der Waals surface area contributed by atoms with Crippen molar-refractivity contribution in [1.82, 2.24) is 0 Å². The molecule has 0 radical (unpaired) electrons. The Balaban J connectivity index is 2.44. The molecule has 0 unspecified atom stereocenters. The summed E-state index contributed by atoms with van der Waals surface area (Å²) in [6, 6.07) is 9.22. The number of aromatic hydroxyl groups is 1. The molecule has 0 aliphatic heterocycles. The summed E-state index contributed by atoms with van der Waals surface area (Å²) < 4.78 is 5.70. The minimum Gasteiger partial charge on any atom is -0.506 e. The van der Waals surface area contributed by atoms with Crippen molar-refractivity contribution in [3.63, 3.8) is 0 Å². The lowest BCUT2D eigenvalue weighted by atomic mass is 10.1. The summed E-state index contributed by atoms with van der Waals surface area (Å²) >= 11 is 5.98. The number of hydrogen-bond donors (Lipinski definition) is 1. The fourth-order valence-electron chi connectivity index (χ4n) is 1.74. The van der Waals surface area contributed by atoms with Crippen molar-refractivity contribution >= 4 is 22.4 Å². The lowest BCUT2D eigenvalue weighted by molar-refractivity contribution is 0.312. The number of halogens is 1. The van der Waals surface area contributed by atoms with E-state index in [4.69, 9.17) is 16.3 Å². The second-order valence-electron chi connectivity index (χ2n) is 3.95. The minimum atomic E-state index is 0.116. The van der Waals surface area contributed by atoms with Crippen LogP contribution in [0.2, 0.25) is 5.02 Å². The quantitative estimate of drug-likeness (QED) is 0.816. The zero-order valence-electron chi connectivity index (χ0n) is 9.74. The molecule has 0 saturated heterocycles. The molecule has 0 aromatic heterocycles. The van der Waals surface area contributed by atoms with E-state index in [0.29, 0.717) is 11.6 Å². The van der Waals surface area contributed by atoms with Crippen molar-refractivity contribution in [2.24, 2.45) is 0 Å². The van der Waals surface area contributed by atoms with Crippen molar-refractivity contribution in [2.75, 3.05) is 6.61 Å². The molecule has 0 spiro atoms. The van der Waals surface area contributed by atoms with E-state index >= 15 is 0 Å². The monoisotopic (exact) mass is 250 g/mol. The molecule has 0 atom stereocenters. The van der Waals surface area contributed by atoms with Gasteiger partial charge in [0.05, 0.1) is 11.6 Å². The predicted molar refractivity (Wildman–Crippen MR) is 71.0 cm³/mol. The Labute approximate surface area is 106 Å². The van der Waals surface area contributed by atoms with Gasteiger partial charge in [0, 0.05) is 16.8 Å². The van der Waals surface area contributed by atoms with E-state index in [1.54, 1.807) is 6.07 Å². The van der Waals surface area contributed by atoms with Crippen LogP contribution in [0.1, 0.15) is 19.8 Å².